The van der Waals surface area contributed by atoms with E-state index in [0.29, 0.717) is 0 Å². The fraction of sp³-hybridized carbons (Fsp3) is 0.429. The molecule has 2 fully saturated rings. The minimum atomic E-state index is -1.76. The molecule has 2 saturated heterocycles. The Hall–Kier alpha value is -0.853. The molecule has 2 aliphatic rings. The van der Waals surface area contributed by atoms with Gasteiger partial charge < -0.3 is 9.47 Å². The Morgan fingerprint density at radius 1 is 1.25 bits per heavy atom. The Morgan fingerprint density at radius 2 is 1.90 bits per heavy atom. The third-order valence-corrected chi connectivity index (χ3v) is 7.33. The first-order valence-corrected chi connectivity index (χ1v) is 11.6. The molecule has 1 aromatic carbocycles. The second-order valence-corrected chi connectivity index (χ2v) is 12.4. The largest absolute Gasteiger partial charge is 0.320 e. The highest BCUT2D eigenvalue weighted by molar-refractivity contribution is 7.99. The Balaban J connectivity index is 1.95. The van der Waals surface area contributed by atoms with Crippen molar-refractivity contribution in [2.45, 2.75) is 31.1 Å². The van der Waals surface area contributed by atoms with Crippen LogP contribution in [0.2, 0.25) is 19.6 Å². The molecule has 20 heavy (non-hydrogen) atoms. The lowest BCUT2D eigenvalue weighted by Crippen LogP contribution is -2.50. The summed E-state index contributed by atoms with van der Waals surface area (Å²) in [5, 5.41) is 0.914. The smallest absolute Gasteiger partial charge is 0.244 e. The van der Waals surface area contributed by atoms with Gasteiger partial charge in [-0.05, 0) is 17.8 Å². The van der Waals surface area contributed by atoms with Crippen LogP contribution in [0, 0.1) is 0 Å². The summed E-state index contributed by atoms with van der Waals surface area (Å²) in [5.74, 6) is 1.04. The highest BCUT2D eigenvalue weighted by Crippen LogP contribution is 2.46. The SMILES string of the molecule is C[Si](C)(C)N1C(=O)[C@@H]2CSC(c3ccccc3)N2C1=S. The first kappa shape index (κ1) is 14.1. The topological polar surface area (TPSA) is 23.6 Å². The van der Waals surface area contributed by atoms with Gasteiger partial charge in [0.05, 0.1) is 0 Å². The summed E-state index contributed by atoms with van der Waals surface area (Å²) in [6, 6.07) is 10.3. The zero-order valence-corrected chi connectivity index (χ0v) is 14.5. The van der Waals surface area contributed by atoms with Crippen LogP contribution in [-0.2, 0) is 4.79 Å². The number of benzene rings is 1. The van der Waals surface area contributed by atoms with Crippen molar-refractivity contribution in [2.75, 3.05) is 5.75 Å². The van der Waals surface area contributed by atoms with Crippen LogP contribution in [0.1, 0.15) is 10.9 Å². The number of fused-ring (bicyclic) bond motifs is 1. The van der Waals surface area contributed by atoms with Crippen LogP contribution in [0.25, 0.3) is 0 Å². The highest BCUT2D eigenvalue weighted by Gasteiger charge is 2.53. The van der Waals surface area contributed by atoms with Gasteiger partial charge >= 0.3 is 0 Å². The molecule has 0 spiro atoms. The number of rotatable bonds is 2. The van der Waals surface area contributed by atoms with Crippen molar-refractivity contribution in [3.05, 3.63) is 35.9 Å². The van der Waals surface area contributed by atoms with Crippen molar-refractivity contribution in [3.63, 3.8) is 0 Å². The minimum Gasteiger partial charge on any atom is -0.320 e. The van der Waals surface area contributed by atoms with Crippen LogP contribution in [0.15, 0.2) is 30.3 Å². The van der Waals surface area contributed by atoms with Crippen molar-refractivity contribution in [1.29, 1.82) is 0 Å². The first-order chi connectivity index (χ1) is 9.41. The molecule has 2 heterocycles. The maximum atomic E-state index is 12.6. The molecule has 0 N–H and O–H groups in total. The predicted molar refractivity (Wildman–Crippen MR) is 90.1 cm³/mol. The maximum absolute atomic E-state index is 12.6. The molecule has 0 bridgehead atoms. The van der Waals surface area contributed by atoms with Crippen LogP contribution >= 0.6 is 24.0 Å². The van der Waals surface area contributed by atoms with E-state index in [-0.39, 0.29) is 17.3 Å². The van der Waals surface area contributed by atoms with Gasteiger partial charge in [0, 0.05) is 5.75 Å². The van der Waals surface area contributed by atoms with Crippen LogP contribution < -0.4 is 0 Å². The van der Waals surface area contributed by atoms with Crippen LogP contribution in [0.4, 0.5) is 0 Å². The first-order valence-electron chi connectivity index (χ1n) is 6.74. The number of carbonyl (C=O) groups excluding carboxylic acids is 1. The van der Waals surface area contributed by atoms with Gasteiger partial charge in [0.2, 0.25) is 5.91 Å². The summed E-state index contributed by atoms with van der Waals surface area (Å²) in [4.78, 5) is 14.8. The summed E-state index contributed by atoms with van der Waals surface area (Å²) in [7, 11) is -1.76. The van der Waals surface area contributed by atoms with Gasteiger partial charge in [0.1, 0.15) is 11.4 Å². The molecule has 0 radical (unpaired) electrons. The highest BCUT2D eigenvalue weighted by atomic mass is 32.2. The van der Waals surface area contributed by atoms with Gasteiger partial charge in [0.25, 0.3) is 0 Å². The van der Waals surface area contributed by atoms with Gasteiger partial charge in [-0.25, -0.2) is 0 Å². The van der Waals surface area contributed by atoms with Gasteiger partial charge in [-0.1, -0.05) is 50.0 Å². The molecule has 2 atom stereocenters. The molecule has 1 aromatic rings. The summed E-state index contributed by atoms with van der Waals surface area (Å²) < 4.78 is 1.92. The van der Waals surface area contributed by atoms with E-state index in [1.54, 1.807) is 0 Å². The molecule has 0 aliphatic carbocycles. The third-order valence-electron chi connectivity index (χ3n) is 3.67. The molecule has 1 unspecified atom stereocenters. The fourth-order valence-electron chi connectivity index (χ4n) is 2.78. The third kappa shape index (κ3) is 2.10. The van der Waals surface area contributed by atoms with E-state index in [4.69, 9.17) is 12.2 Å². The van der Waals surface area contributed by atoms with Crippen molar-refractivity contribution < 1.29 is 4.79 Å². The van der Waals surface area contributed by atoms with Crippen molar-refractivity contribution in [1.82, 2.24) is 9.47 Å². The number of thiocarbonyl (C=S) groups is 1. The normalized spacial score (nSPS) is 26.4. The summed E-state index contributed by atoms with van der Waals surface area (Å²) in [5.41, 5.74) is 1.23. The maximum Gasteiger partial charge on any atom is 0.244 e. The number of nitrogens with zero attached hydrogens (tertiary/aromatic N) is 2. The molecule has 3 rings (SSSR count). The van der Waals surface area contributed by atoms with E-state index in [1.807, 2.05) is 34.5 Å². The average Bonchev–Trinajstić information content (AvgIpc) is 2.91. The lowest BCUT2D eigenvalue weighted by molar-refractivity contribution is -0.124. The molecule has 0 saturated carbocycles. The number of amides is 1. The van der Waals surface area contributed by atoms with Gasteiger partial charge in [-0.3, -0.25) is 4.79 Å². The van der Waals surface area contributed by atoms with E-state index in [2.05, 4.69) is 36.7 Å². The quantitative estimate of drug-likeness (QED) is 0.617. The lowest BCUT2D eigenvalue weighted by Gasteiger charge is -2.32. The number of carbonyl (C=O) groups is 1. The second-order valence-electron chi connectivity index (χ2n) is 6.15. The van der Waals surface area contributed by atoms with Gasteiger partial charge in [-0.15, -0.1) is 11.8 Å². The molecule has 2 aliphatic heterocycles. The molecule has 1 amide bonds. The van der Waals surface area contributed by atoms with Crippen molar-refractivity contribution in [2.24, 2.45) is 0 Å². The number of hydrogen-bond acceptors (Lipinski definition) is 3. The standard InChI is InChI=1S/C14H18N2OS2Si/c1-20(2,3)16-12(17)11-9-19-13(15(11)14(16)18)10-7-5-4-6-8-10/h4-8,11,13H,9H2,1-3H3/t11-,13?/m0/s1. The van der Waals surface area contributed by atoms with Crippen LogP contribution in [0.5, 0.6) is 0 Å². The number of hydrogen-bond donors (Lipinski definition) is 0. The van der Waals surface area contributed by atoms with E-state index < -0.39 is 8.24 Å². The monoisotopic (exact) mass is 322 g/mol. The van der Waals surface area contributed by atoms with Crippen LogP contribution in [0.3, 0.4) is 0 Å². The lowest BCUT2D eigenvalue weighted by atomic mass is 10.2. The molecular formula is C14H18N2OS2Si. The molecule has 106 valence electrons. The van der Waals surface area contributed by atoms with E-state index >= 15 is 0 Å². The van der Waals surface area contributed by atoms with E-state index in [0.717, 1.165) is 10.9 Å². The second kappa shape index (κ2) is 4.86. The fourth-order valence-corrected chi connectivity index (χ4v) is 6.92. The Kier molecular flexibility index (Phi) is 3.42. The predicted octanol–water partition coefficient (Wildman–Crippen LogP) is 3.06. The Bertz CT molecular complexity index is 558. The summed E-state index contributed by atoms with van der Waals surface area (Å²) >= 11 is 7.45. The summed E-state index contributed by atoms with van der Waals surface area (Å²) in [6.45, 7) is 6.51. The molecular weight excluding hydrogens is 304 g/mol. The molecule has 6 heteroatoms. The van der Waals surface area contributed by atoms with Crippen molar-refractivity contribution >= 4 is 43.2 Å². The zero-order valence-electron chi connectivity index (χ0n) is 11.9. The van der Waals surface area contributed by atoms with E-state index in [9.17, 15) is 4.79 Å². The van der Waals surface area contributed by atoms with Crippen LogP contribution in [-0.4, -0.2) is 40.5 Å². The van der Waals surface area contributed by atoms with Crippen molar-refractivity contribution in [3.8, 4) is 0 Å². The Morgan fingerprint density at radius 3 is 2.50 bits per heavy atom. The van der Waals surface area contributed by atoms with Gasteiger partial charge in [0.15, 0.2) is 13.3 Å². The molecule has 0 aromatic heterocycles. The number of thioether (sulfide) groups is 1. The average molecular weight is 323 g/mol. The zero-order chi connectivity index (χ0) is 14.5. The summed E-state index contributed by atoms with van der Waals surface area (Å²) in [6.07, 6.45) is 0. The minimum absolute atomic E-state index is 0.0653. The van der Waals surface area contributed by atoms with Gasteiger partial charge in [-0.2, -0.15) is 0 Å². The molecule has 3 nitrogen and oxygen atoms in total. The van der Waals surface area contributed by atoms with E-state index in [1.165, 1.54) is 5.56 Å². The Labute approximate surface area is 130 Å².